The van der Waals surface area contributed by atoms with Gasteiger partial charge in [0.15, 0.2) is 0 Å². The van der Waals surface area contributed by atoms with Gasteiger partial charge in [-0.2, -0.15) is 0 Å². The van der Waals surface area contributed by atoms with Crippen molar-refractivity contribution in [3.63, 3.8) is 0 Å². The number of pyridine rings is 1. The Balaban J connectivity index is 2.34. The highest BCUT2D eigenvalue weighted by atomic mass is 31.1. The van der Waals surface area contributed by atoms with Crippen LogP contribution in [0.1, 0.15) is 26.7 Å². The lowest BCUT2D eigenvalue weighted by atomic mass is 10.2. The zero-order valence-corrected chi connectivity index (χ0v) is 9.55. The summed E-state index contributed by atoms with van der Waals surface area (Å²) in [7, 11) is -0.134. The van der Waals surface area contributed by atoms with Crippen LogP contribution in [0.15, 0.2) is 23.0 Å². The Morgan fingerprint density at radius 3 is 2.50 bits per heavy atom. The molecule has 0 unspecified atom stereocenters. The second kappa shape index (κ2) is 3.86. The molecule has 1 N–H and O–H groups in total. The molecule has 1 aromatic heterocycles. The van der Waals surface area contributed by atoms with Gasteiger partial charge >= 0.3 is 0 Å². The Labute approximate surface area is 85.5 Å². The van der Waals surface area contributed by atoms with E-state index in [9.17, 15) is 4.79 Å². The Morgan fingerprint density at radius 2 is 1.93 bits per heavy atom. The van der Waals surface area contributed by atoms with Crippen LogP contribution in [0.3, 0.4) is 0 Å². The van der Waals surface area contributed by atoms with Gasteiger partial charge in [0, 0.05) is 11.5 Å². The van der Waals surface area contributed by atoms with E-state index in [1.807, 2.05) is 6.07 Å². The number of aromatic amines is 1. The molecule has 2 atom stereocenters. The average Bonchev–Trinajstić information content (AvgIpc) is 2.46. The lowest BCUT2D eigenvalue weighted by molar-refractivity contribution is 0.777. The van der Waals surface area contributed by atoms with Crippen molar-refractivity contribution in [2.24, 2.45) is 0 Å². The second-order valence-electron chi connectivity index (χ2n) is 4.08. The van der Waals surface area contributed by atoms with Crippen molar-refractivity contribution in [3.8, 4) is 0 Å². The Bertz CT molecular complexity index is 364. The minimum Gasteiger partial charge on any atom is -0.322 e. The molecular formula is C11H16NOP. The average molecular weight is 209 g/mol. The topological polar surface area (TPSA) is 32.9 Å². The molecule has 0 radical (unpaired) electrons. The summed E-state index contributed by atoms with van der Waals surface area (Å²) < 4.78 is 0. The summed E-state index contributed by atoms with van der Waals surface area (Å²) in [5.41, 5.74) is 2.75. The third kappa shape index (κ3) is 1.76. The van der Waals surface area contributed by atoms with Crippen LogP contribution in [-0.2, 0) is 0 Å². The van der Waals surface area contributed by atoms with E-state index >= 15 is 0 Å². The maximum Gasteiger partial charge on any atom is 0.248 e. The van der Waals surface area contributed by atoms with Crippen LogP contribution in [0.4, 0.5) is 0 Å². The first-order valence-electron chi connectivity index (χ1n) is 5.16. The van der Waals surface area contributed by atoms with Crippen molar-refractivity contribution in [1.82, 2.24) is 4.98 Å². The highest BCUT2D eigenvalue weighted by Gasteiger charge is 2.31. The van der Waals surface area contributed by atoms with Crippen LogP contribution in [-0.4, -0.2) is 16.3 Å². The van der Waals surface area contributed by atoms with Crippen LogP contribution in [0.5, 0.6) is 0 Å². The van der Waals surface area contributed by atoms with Crippen molar-refractivity contribution in [2.75, 3.05) is 0 Å². The molecule has 0 spiro atoms. The van der Waals surface area contributed by atoms with E-state index in [2.05, 4.69) is 24.9 Å². The van der Waals surface area contributed by atoms with Crippen molar-refractivity contribution in [3.05, 3.63) is 28.6 Å². The van der Waals surface area contributed by atoms with Gasteiger partial charge in [0.25, 0.3) is 0 Å². The van der Waals surface area contributed by atoms with Crippen LogP contribution in [0.25, 0.3) is 0 Å². The normalized spacial score (nSPS) is 28.1. The van der Waals surface area contributed by atoms with E-state index in [0.29, 0.717) is 0 Å². The molecule has 76 valence electrons. The Hall–Kier alpha value is -0.620. The minimum atomic E-state index is -0.134. The summed E-state index contributed by atoms with van der Waals surface area (Å²) in [6, 6.07) is 5.53. The minimum absolute atomic E-state index is 0.0382. The van der Waals surface area contributed by atoms with Gasteiger partial charge in [-0.15, -0.1) is 0 Å². The van der Waals surface area contributed by atoms with Crippen LogP contribution >= 0.6 is 7.92 Å². The molecule has 2 rings (SSSR count). The molecule has 0 bridgehead atoms. The monoisotopic (exact) mass is 209 g/mol. The van der Waals surface area contributed by atoms with Crippen molar-refractivity contribution >= 4 is 13.4 Å². The summed E-state index contributed by atoms with van der Waals surface area (Å²) >= 11 is 0. The van der Waals surface area contributed by atoms with E-state index in [-0.39, 0.29) is 13.5 Å². The molecule has 1 aromatic rings. The number of H-pyrrole nitrogens is 1. The molecule has 0 saturated carbocycles. The molecule has 2 nitrogen and oxygen atoms in total. The molecule has 14 heavy (non-hydrogen) atoms. The first-order chi connectivity index (χ1) is 6.68. The van der Waals surface area contributed by atoms with Gasteiger partial charge in [-0.25, -0.2) is 0 Å². The Morgan fingerprint density at radius 1 is 1.29 bits per heavy atom. The summed E-state index contributed by atoms with van der Waals surface area (Å²) in [6.45, 7) is 4.61. The van der Waals surface area contributed by atoms with Crippen molar-refractivity contribution in [2.45, 2.75) is 38.0 Å². The summed E-state index contributed by atoms with van der Waals surface area (Å²) in [5, 5.41) is 0. The predicted molar refractivity (Wildman–Crippen MR) is 61.8 cm³/mol. The van der Waals surface area contributed by atoms with Crippen molar-refractivity contribution in [1.29, 1.82) is 0 Å². The third-order valence-corrected chi connectivity index (χ3v) is 6.22. The van der Waals surface area contributed by atoms with Crippen LogP contribution < -0.4 is 11.0 Å². The quantitative estimate of drug-likeness (QED) is 0.705. The Kier molecular flexibility index (Phi) is 2.73. The number of hydrogen-bond acceptors (Lipinski definition) is 1. The van der Waals surface area contributed by atoms with E-state index in [1.165, 1.54) is 18.3 Å². The predicted octanol–water partition coefficient (Wildman–Crippen LogP) is 2.05. The van der Waals surface area contributed by atoms with E-state index in [1.54, 1.807) is 6.07 Å². The first kappa shape index (κ1) is 9.92. The highest BCUT2D eigenvalue weighted by molar-refractivity contribution is 7.67. The molecule has 1 aliphatic heterocycles. The maximum absolute atomic E-state index is 11.2. The molecule has 0 amide bonds. The van der Waals surface area contributed by atoms with E-state index in [0.717, 1.165) is 11.3 Å². The fraction of sp³-hybridized carbons (Fsp3) is 0.545. The summed E-state index contributed by atoms with van der Waals surface area (Å²) in [4.78, 5) is 14.2. The molecule has 1 saturated heterocycles. The number of hydrogen-bond donors (Lipinski definition) is 1. The van der Waals surface area contributed by atoms with E-state index < -0.39 is 0 Å². The van der Waals surface area contributed by atoms with Gasteiger partial charge in [-0.1, -0.05) is 27.8 Å². The fourth-order valence-corrected chi connectivity index (χ4v) is 5.43. The smallest absolute Gasteiger partial charge is 0.248 e. The zero-order chi connectivity index (χ0) is 10.1. The third-order valence-electron chi connectivity index (χ3n) is 2.98. The lowest BCUT2D eigenvalue weighted by Crippen LogP contribution is -2.21. The fourth-order valence-electron chi connectivity index (χ4n) is 2.26. The SMILES string of the molecule is C[C@@H]1CC[C@@H](C)P1c1cccc(=O)[nH]1. The molecule has 1 fully saturated rings. The van der Waals surface area contributed by atoms with Crippen LogP contribution in [0.2, 0.25) is 0 Å². The molecule has 0 aliphatic carbocycles. The van der Waals surface area contributed by atoms with E-state index in [4.69, 9.17) is 0 Å². The first-order valence-corrected chi connectivity index (χ1v) is 6.64. The maximum atomic E-state index is 11.2. The second-order valence-corrected chi connectivity index (χ2v) is 7.14. The summed E-state index contributed by atoms with van der Waals surface area (Å²) in [6.07, 6.45) is 2.62. The highest BCUT2D eigenvalue weighted by Crippen LogP contribution is 2.53. The largest absolute Gasteiger partial charge is 0.322 e. The molecule has 2 heterocycles. The summed E-state index contributed by atoms with van der Waals surface area (Å²) in [5.74, 6) is 0. The lowest BCUT2D eigenvalue weighted by Gasteiger charge is -2.20. The molecule has 1 aliphatic rings. The zero-order valence-electron chi connectivity index (χ0n) is 8.66. The van der Waals surface area contributed by atoms with Crippen LogP contribution in [0, 0.1) is 0 Å². The number of aromatic nitrogens is 1. The molecule has 0 aromatic carbocycles. The number of nitrogens with one attached hydrogen (secondary N) is 1. The standard InChI is InChI=1S/C11H16NOP/c1-8-6-7-9(2)14(8)11-5-3-4-10(13)12-11/h3-5,8-9H,6-7H2,1-2H3,(H,12,13)/t8-,9-/m1/s1. The van der Waals surface area contributed by atoms with Gasteiger partial charge in [0.05, 0.1) is 0 Å². The van der Waals surface area contributed by atoms with Crippen molar-refractivity contribution < 1.29 is 0 Å². The van der Waals surface area contributed by atoms with Gasteiger partial charge < -0.3 is 4.98 Å². The van der Waals surface area contributed by atoms with Gasteiger partial charge in [0.1, 0.15) is 0 Å². The molecule has 3 heteroatoms. The van der Waals surface area contributed by atoms with Gasteiger partial charge in [-0.05, 0) is 30.2 Å². The molecular weight excluding hydrogens is 193 g/mol. The van der Waals surface area contributed by atoms with Gasteiger partial charge in [0.2, 0.25) is 5.56 Å². The number of rotatable bonds is 1. The van der Waals surface area contributed by atoms with Gasteiger partial charge in [-0.3, -0.25) is 4.79 Å².